The molecule has 88 valence electrons. The van der Waals surface area contributed by atoms with Gasteiger partial charge in [0.2, 0.25) is 0 Å². The van der Waals surface area contributed by atoms with Crippen LogP contribution in [0.1, 0.15) is 5.56 Å². The summed E-state index contributed by atoms with van der Waals surface area (Å²) < 4.78 is 0.566. The van der Waals surface area contributed by atoms with Crippen LogP contribution in [-0.2, 0) is 0 Å². The van der Waals surface area contributed by atoms with Gasteiger partial charge in [0.1, 0.15) is 5.15 Å². The zero-order valence-corrected chi connectivity index (χ0v) is 12.6. The molecule has 2 aromatic rings. The molecule has 0 radical (unpaired) electrons. The molecule has 1 heterocycles. The Balaban J connectivity index is 2.64. The lowest BCUT2D eigenvalue weighted by molar-refractivity contribution is 1.31. The third-order valence-corrected chi connectivity index (χ3v) is 4.67. The molecule has 0 spiro atoms. The van der Waals surface area contributed by atoms with Crippen molar-refractivity contribution in [3.63, 3.8) is 0 Å². The van der Waals surface area contributed by atoms with Crippen LogP contribution in [0.4, 0.5) is 0 Å². The Morgan fingerprint density at radius 1 is 1.00 bits per heavy atom. The predicted octanol–water partition coefficient (Wildman–Crippen LogP) is 5.78. The highest BCUT2D eigenvalue weighted by Gasteiger charge is 2.15. The van der Waals surface area contributed by atoms with Crippen LogP contribution in [-0.4, -0.2) is 4.98 Å². The van der Waals surface area contributed by atoms with E-state index in [1.807, 2.05) is 31.2 Å². The molecule has 1 aromatic carbocycles. The fourth-order valence-electron chi connectivity index (χ4n) is 1.39. The molecule has 5 heteroatoms. The van der Waals surface area contributed by atoms with Crippen molar-refractivity contribution >= 4 is 50.7 Å². The van der Waals surface area contributed by atoms with Gasteiger partial charge in [0, 0.05) is 5.56 Å². The summed E-state index contributed by atoms with van der Waals surface area (Å²) in [4.78, 5) is 4.20. The third kappa shape index (κ3) is 2.60. The van der Waals surface area contributed by atoms with Crippen LogP contribution in [0.2, 0.25) is 15.2 Å². The summed E-state index contributed by atoms with van der Waals surface area (Å²) in [5.41, 5.74) is 2.69. The van der Waals surface area contributed by atoms with Gasteiger partial charge in [0.15, 0.2) is 0 Å². The number of pyridine rings is 1. The van der Waals surface area contributed by atoms with Gasteiger partial charge in [-0.05, 0) is 22.9 Å². The first kappa shape index (κ1) is 13.2. The maximum absolute atomic E-state index is 6.19. The summed E-state index contributed by atoms with van der Waals surface area (Å²) >= 11 is 21.4. The first-order valence-electron chi connectivity index (χ1n) is 4.77. The predicted molar refractivity (Wildman–Crippen MR) is 77.1 cm³/mol. The van der Waals surface area contributed by atoms with Crippen molar-refractivity contribution in [2.75, 3.05) is 0 Å². The molecule has 1 nitrogen and oxygen atoms in total. The molecule has 0 aliphatic heterocycles. The van der Waals surface area contributed by atoms with Gasteiger partial charge in [-0.1, -0.05) is 64.6 Å². The van der Waals surface area contributed by atoms with Gasteiger partial charge in [0.05, 0.1) is 20.2 Å². The molecule has 0 atom stereocenters. The number of nitrogens with zero attached hydrogens (tertiary/aromatic N) is 1. The summed E-state index contributed by atoms with van der Waals surface area (Å²) in [6, 6.07) is 7.87. The smallest absolute Gasteiger partial charge is 0.149 e. The van der Waals surface area contributed by atoms with Crippen LogP contribution in [0, 0.1) is 6.92 Å². The molecule has 0 aliphatic rings. The Morgan fingerprint density at radius 3 is 2.18 bits per heavy atom. The van der Waals surface area contributed by atoms with E-state index < -0.39 is 0 Å². The average molecular weight is 351 g/mol. The molecular formula is C12H7BrCl3N. The minimum Gasteiger partial charge on any atom is -0.233 e. The van der Waals surface area contributed by atoms with E-state index in [1.165, 1.54) is 5.56 Å². The van der Waals surface area contributed by atoms with E-state index in [1.54, 1.807) is 0 Å². The first-order chi connectivity index (χ1) is 8.00. The second-order valence-corrected chi connectivity index (χ2v) is 5.47. The molecule has 0 amide bonds. The van der Waals surface area contributed by atoms with E-state index in [0.29, 0.717) is 20.2 Å². The number of rotatable bonds is 1. The van der Waals surface area contributed by atoms with Gasteiger partial charge in [-0.2, -0.15) is 0 Å². The Hall–Kier alpha value is -0.280. The zero-order chi connectivity index (χ0) is 12.6. The van der Waals surface area contributed by atoms with Crippen molar-refractivity contribution in [1.82, 2.24) is 4.98 Å². The molecular weight excluding hydrogens is 344 g/mol. The molecule has 2 rings (SSSR count). The van der Waals surface area contributed by atoms with Crippen molar-refractivity contribution in [3.05, 3.63) is 49.5 Å². The number of aromatic nitrogens is 1. The summed E-state index contributed by atoms with van der Waals surface area (Å²) in [5, 5.41) is 1.02. The maximum atomic E-state index is 6.19. The number of benzene rings is 1. The molecule has 0 saturated heterocycles. The topological polar surface area (TPSA) is 12.9 Å². The second kappa shape index (κ2) is 5.15. The lowest BCUT2D eigenvalue weighted by Crippen LogP contribution is -1.89. The molecule has 1 aromatic heterocycles. The van der Waals surface area contributed by atoms with Gasteiger partial charge >= 0.3 is 0 Å². The quantitative estimate of drug-likeness (QED) is 0.594. The van der Waals surface area contributed by atoms with Crippen molar-refractivity contribution in [2.24, 2.45) is 0 Å². The molecule has 0 fully saturated rings. The molecule has 0 unspecified atom stereocenters. The minimum atomic E-state index is 0.235. The number of hydrogen-bond acceptors (Lipinski definition) is 1. The lowest BCUT2D eigenvalue weighted by Gasteiger charge is -2.08. The summed E-state index contributed by atoms with van der Waals surface area (Å²) in [7, 11) is 0. The van der Waals surface area contributed by atoms with E-state index in [2.05, 4.69) is 20.9 Å². The summed E-state index contributed by atoms with van der Waals surface area (Å²) in [5.74, 6) is 0. The van der Waals surface area contributed by atoms with E-state index in [9.17, 15) is 0 Å². The monoisotopic (exact) mass is 349 g/mol. The average Bonchev–Trinajstić information content (AvgIpc) is 2.32. The van der Waals surface area contributed by atoms with E-state index in [4.69, 9.17) is 34.8 Å². The van der Waals surface area contributed by atoms with Crippen LogP contribution in [0.3, 0.4) is 0 Å². The molecule has 0 saturated carbocycles. The highest BCUT2D eigenvalue weighted by molar-refractivity contribution is 9.10. The molecule has 0 N–H and O–H groups in total. The second-order valence-electron chi connectivity index (χ2n) is 3.56. The maximum Gasteiger partial charge on any atom is 0.149 e. The SMILES string of the molecule is Cc1ccc(-c2nc(Cl)c(Cl)c(Br)c2Cl)cc1. The van der Waals surface area contributed by atoms with Gasteiger partial charge in [-0.25, -0.2) is 4.98 Å². The number of hydrogen-bond donors (Lipinski definition) is 0. The highest BCUT2D eigenvalue weighted by atomic mass is 79.9. The Bertz CT molecular complexity index is 567. The van der Waals surface area contributed by atoms with E-state index in [0.717, 1.165) is 5.56 Å². The Labute approximate surface area is 123 Å². The Kier molecular flexibility index (Phi) is 3.99. The molecule has 17 heavy (non-hydrogen) atoms. The van der Waals surface area contributed by atoms with E-state index in [-0.39, 0.29) is 5.15 Å². The lowest BCUT2D eigenvalue weighted by atomic mass is 10.1. The van der Waals surface area contributed by atoms with Gasteiger partial charge in [0.25, 0.3) is 0 Å². The molecule has 0 aliphatic carbocycles. The largest absolute Gasteiger partial charge is 0.233 e. The van der Waals surface area contributed by atoms with Crippen molar-refractivity contribution in [1.29, 1.82) is 0 Å². The van der Waals surface area contributed by atoms with Gasteiger partial charge < -0.3 is 0 Å². The number of aryl methyl sites for hydroxylation is 1. The summed E-state index contributed by atoms with van der Waals surface area (Å²) in [6.07, 6.45) is 0. The van der Waals surface area contributed by atoms with Gasteiger partial charge in [-0.15, -0.1) is 0 Å². The fourth-order valence-corrected chi connectivity index (χ4v) is 2.49. The van der Waals surface area contributed by atoms with Crippen molar-refractivity contribution in [3.8, 4) is 11.3 Å². The normalized spacial score (nSPS) is 10.6. The Morgan fingerprint density at radius 2 is 1.59 bits per heavy atom. The molecule has 0 bridgehead atoms. The first-order valence-corrected chi connectivity index (χ1v) is 6.70. The van der Waals surface area contributed by atoms with Crippen LogP contribution in [0.5, 0.6) is 0 Å². The van der Waals surface area contributed by atoms with Crippen LogP contribution in [0.15, 0.2) is 28.7 Å². The van der Waals surface area contributed by atoms with Crippen LogP contribution in [0.25, 0.3) is 11.3 Å². The highest BCUT2D eigenvalue weighted by Crippen LogP contribution is 2.40. The minimum absolute atomic E-state index is 0.235. The van der Waals surface area contributed by atoms with Crippen LogP contribution >= 0.6 is 50.7 Å². The van der Waals surface area contributed by atoms with E-state index >= 15 is 0 Å². The number of halogens is 4. The fraction of sp³-hybridized carbons (Fsp3) is 0.0833. The third-order valence-electron chi connectivity index (χ3n) is 2.31. The van der Waals surface area contributed by atoms with Crippen molar-refractivity contribution < 1.29 is 0 Å². The summed E-state index contributed by atoms with van der Waals surface area (Å²) in [6.45, 7) is 2.02. The standard InChI is InChI=1S/C12H7BrCl3N/c1-6-2-4-7(5-3-6)11-9(14)8(13)10(15)12(16)17-11/h2-5H,1H3. The zero-order valence-electron chi connectivity index (χ0n) is 8.77. The van der Waals surface area contributed by atoms with Crippen LogP contribution < -0.4 is 0 Å². The van der Waals surface area contributed by atoms with Crippen molar-refractivity contribution in [2.45, 2.75) is 6.92 Å². The van der Waals surface area contributed by atoms with Gasteiger partial charge in [-0.3, -0.25) is 0 Å².